The summed E-state index contributed by atoms with van der Waals surface area (Å²) in [6, 6.07) is 11.7. The first-order valence-corrected chi connectivity index (χ1v) is 11.8. The van der Waals surface area contributed by atoms with E-state index in [2.05, 4.69) is 15.6 Å². The largest absolute Gasteiger partial charge is 0.382 e. The van der Waals surface area contributed by atoms with Crippen LogP contribution in [0.5, 0.6) is 0 Å². The third-order valence-electron chi connectivity index (χ3n) is 5.03. The molecule has 1 aromatic heterocycles. The number of fused-ring (bicyclic) bond motifs is 1. The van der Waals surface area contributed by atoms with Crippen LogP contribution in [-0.4, -0.2) is 66.2 Å². The highest BCUT2D eigenvalue weighted by Crippen LogP contribution is 2.21. The normalized spacial score (nSPS) is 16.1. The summed E-state index contributed by atoms with van der Waals surface area (Å²) in [4.78, 5) is 19.3. The molecule has 1 aliphatic rings. The van der Waals surface area contributed by atoms with Crippen LogP contribution in [0.15, 0.2) is 47.4 Å². The number of ether oxygens (including phenoxy) is 1. The zero-order chi connectivity index (χ0) is 22.7. The van der Waals surface area contributed by atoms with Gasteiger partial charge >= 0.3 is 0 Å². The van der Waals surface area contributed by atoms with Crippen LogP contribution in [0.25, 0.3) is 11.0 Å². The van der Waals surface area contributed by atoms with Crippen LogP contribution in [0.4, 0.5) is 0 Å². The minimum atomic E-state index is -3.70. The third-order valence-corrected chi connectivity index (χ3v) is 7.30. The number of hydrogen-bond donors (Lipinski definition) is 1. The standard InChI is InChI=1S/C20H22ClN5O5S/c1-14(20(27)22-13-15-4-2-3-5-17(15)21)31-26-19-12-16(6-7-18(19)23-24-26)32(28,29)25-8-10-30-11-9-25/h2-7,12,14H,8-11,13H2,1H3,(H,22,27). The minimum Gasteiger partial charge on any atom is -0.382 e. The number of benzene rings is 2. The number of carbonyl (C=O) groups excluding carboxylic acids is 1. The Balaban J connectivity index is 1.48. The predicted octanol–water partition coefficient (Wildman–Crippen LogP) is 1.24. The number of carbonyl (C=O) groups is 1. The number of nitrogens with zero attached hydrogens (tertiary/aromatic N) is 4. The number of halogens is 1. The third kappa shape index (κ3) is 4.70. The van der Waals surface area contributed by atoms with E-state index in [4.69, 9.17) is 21.2 Å². The first-order valence-electron chi connectivity index (χ1n) is 9.98. The topological polar surface area (TPSA) is 116 Å². The van der Waals surface area contributed by atoms with Crippen molar-refractivity contribution in [3.05, 3.63) is 53.1 Å². The average molecular weight is 480 g/mol. The van der Waals surface area contributed by atoms with Gasteiger partial charge in [-0.1, -0.05) is 34.6 Å². The molecule has 2 heterocycles. The van der Waals surface area contributed by atoms with Gasteiger partial charge in [0.2, 0.25) is 16.1 Å². The van der Waals surface area contributed by atoms with Crippen LogP contribution in [0.3, 0.4) is 0 Å². The highest BCUT2D eigenvalue weighted by molar-refractivity contribution is 7.89. The maximum absolute atomic E-state index is 12.9. The molecule has 1 aliphatic heterocycles. The van der Waals surface area contributed by atoms with Crippen LogP contribution in [-0.2, 0) is 26.1 Å². The predicted molar refractivity (Wildman–Crippen MR) is 116 cm³/mol. The van der Waals surface area contributed by atoms with Gasteiger partial charge in [0.1, 0.15) is 11.0 Å². The molecule has 0 aliphatic carbocycles. The van der Waals surface area contributed by atoms with Gasteiger partial charge in [0.25, 0.3) is 5.91 Å². The summed E-state index contributed by atoms with van der Waals surface area (Å²) >= 11 is 6.11. The molecule has 2 aromatic carbocycles. The van der Waals surface area contributed by atoms with Crippen molar-refractivity contribution in [2.45, 2.75) is 24.5 Å². The summed E-state index contributed by atoms with van der Waals surface area (Å²) in [7, 11) is -3.70. The highest BCUT2D eigenvalue weighted by Gasteiger charge is 2.27. The van der Waals surface area contributed by atoms with Gasteiger partial charge < -0.3 is 14.9 Å². The number of morpholine rings is 1. The number of amides is 1. The molecule has 1 saturated heterocycles. The summed E-state index contributed by atoms with van der Waals surface area (Å²) < 4.78 is 32.5. The first kappa shape index (κ1) is 22.5. The average Bonchev–Trinajstić information content (AvgIpc) is 3.21. The van der Waals surface area contributed by atoms with Gasteiger partial charge in [-0.05, 0) is 42.0 Å². The van der Waals surface area contributed by atoms with E-state index in [0.29, 0.717) is 29.3 Å². The van der Waals surface area contributed by atoms with E-state index in [-0.39, 0.29) is 30.4 Å². The van der Waals surface area contributed by atoms with E-state index in [1.807, 2.05) is 18.2 Å². The van der Waals surface area contributed by atoms with Gasteiger partial charge in [0.15, 0.2) is 0 Å². The molecule has 0 spiro atoms. The van der Waals surface area contributed by atoms with Crippen LogP contribution in [0, 0.1) is 0 Å². The summed E-state index contributed by atoms with van der Waals surface area (Å²) in [5.74, 6) is -0.384. The number of aromatic nitrogens is 3. The van der Waals surface area contributed by atoms with Crippen molar-refractivity contribution < 1.29 is 22.8 Å². The molecule has 1 atom stereocenters. The van der Waals surface area contributed by atoms with Crippen molar-refractivity contribution in [3.8, 4) is 0 Å². The summed E-state index contributed by atoms with van der Waals surface area (Å²) in [5.41, 5.74) is 1.55. The zero-order valence-electron chi connectivity index (χ0n) is 17.3. The lowest BCUT2D eigenvalue weighted by atomic mass is 10.2. The molecule has 1 N–H and O–H groups in total. The molecule has 1 fully saturated rings. The molecule has 170 valence electrons. The van der Waals surface area contributed by atoms with Gasteiger partial charge in [0, 0.05) is 24.7 Å². The smallest absolute Gasteiger partial charge is 0.263 e. The molecule has 4 rings (SSSR count). The summed E-state index contributed by atoms with van der Waals surface area (Å²) in [6.07, 6.45) is -0.915. The van der Waals surface area contributed by atoms with Crippen LogP contribution in [0.1, 0.15) is 12.5 Å². The quantitative estimate of drug-likeness (QED) is 0.542. The Labute approximate surface area is 190 Å². The van der Waals surface area contributed by atoms with Crippen molar-refractivity contribution in [1.29, 1.82) is 0 Å². The fourth-order valence-electron chi connectivity index (χ4n) is 3.22. The maximum atomic E-state index is 12.9. The Morgan fingerprint density at radius 2 is 2.00 bits per heavy atom. The molecule has 12 heteroatoms. The van der Waals surface area contributed by atoms with Crippen LogP contribution in [0.2, 0.25) is 5.02 Å². The van der Waals surface area contributed by atoms with Crippen molar-refractivity contribution in [1.82, 2.24) is 24.8 Å². The molecule has 0 radical (unpaired) electrons. The van der Waals surface area contributed by atoms with Gasteiger partial charge in [-0.2, -0.15) is 4.31 Å². The molecule has 10 nitrogen and oxygen atoms in total. The van der Waals surface area contributed by atoms with Gasteiger partial charge in [0.05, 0.1) is 18.1 Å². The number of nitrogens with one attached hydrogen (secondary N) is 1. The molecular weight excluding hydrogens is 458 g/mol. The van der Waals surface area contributed by atoms with E-state index >= 15 is 0 Å². The Kier molecular flexibility index (Phi) is 6.60. The second-order valence-electron chi connectivity index (χ2n) is 7.19. The van der Waals surface area contributed by atoms with E-state index in [1.165, 1.54) is 16.4 Å². The van der Waals surface area contributed by atoms with E-state index in [1.54, 1.807) is 19.1 Å². The summed E-state index contributed by atoms with van der Waals surface area (Å²) in [5, 5.41) is 11.2. The molecule has 0 bridgehead atoms. The van der Waals surface area contributed by atoms with Gasteiger partial charge in [-0.15, -0.1) is 5.10 Å². The number of hydrogen-bond acceptors (Lipinski definition) is 7. The number of sulfonamides is 1. The van der Waals surface area contributed by atoms with Crippen molar-refractivity contribution in [2.24, 2.45) is 0 Å². The maximum Gasteiger partial charge on any atom is 0.263 e. The number of rotatable bonds is 7. The SMILES string of the molecule is CC(On1nnc2ccc(S(=O)(=O)N3CCOCC3)cc21)C(=O)NCc1ccccc1Cl. The second kappa shape index (κ2) is 9.41. The Morgan fingerprint density at radius 1 is 1.25 bits per heavy atom. The van der Waals surface area contributed by atoms with E-state index < -0.39 is 16.1 Å². The van der Waals surface area contributed by atoms with Crippen molar-refractivity contribution >= 4 is 38.6 Å². The molecule has 3 aromatic rings. The Morgan fingerprint density at radius 3 is 2.75 bits per heavy atom. The lowest BCUT2D eigenvalue weighted by Crippen LogP contribution is -2.40. The van der Waals surface area contributed by atoms with Crippen molar-refractivity contribution in [2.75, 3.05) is 26.3 Å². The second-order valence-corrected chi connectivity index (χ2v) is 9.53. The molecule has 32 heavy (non-hydrogen) atoms. The van der Waals surface area contributed by atoms with Gasteiger partial charge in [-0.3, -0.25) is 4.79 Å². The van der Waals surface area contributed by atoms with Crippen LogP contribution < -0.4 is 10.2 Å². The fraction of sp³-hybridized carbons (Fsp3) is 0.350. The van der Waals surface area contributed by atoms with Crippen molar-refractivity contribution in [3.63, 3.8) is 0 Å². The fourth-order valence-corrected chi connectivity index (χ4v) is 4.85. The molecule has 0 saturated carbocycles. The molecular formula is C20H22ClN5O5S. The molecule has 1 unspecified atom stereocenters. The highest BCUT2D eigenvalue weighted by atomic mass is 35.5. The lowest BCUT2D eigenvalue weighted by molar-refractivity contribution is -0.133. The van der Waals surface area contributed by atoms with Gasteiger partial charge in [-0.25, -0.2) is 8.42 Å². The monoisotopic (exact) mass is 479 g/mol. The first-order chi connectivity index (χ1) is 15.4. The molecule has 1 amide bonds. The Hall–Kier alpha value is -2.73. The zero-order valence-corrected chi connectivity index (χ0v) is 18.8. The Bertz CT molecular complexity index is 1230. The summed E-state index contributed by atoms with van der Waals surface area (Å²) in [6.45, 7) is 3.08. The lowest BCUT2D eigenvalue weighted by Gasteiger charge is -2.26. The minimum absolute atomic E-state index is 0.0925. The van der Waals surface area contributed by atoms with E-state index in [0.717, 1.165) is 10.4 Å². The van der Waals surface area contributed by atoms with E-state index in [9.17, 15) is 13.2 Å². The van der Waals surface area contributed by atoms with Crippen LogP contribution >= 0.6 is 11.6 Å².